The van der Waals surface area contributed by atoms with E-state index >= 15 is 0 Å². The minimum Gasteiger partial charge on any atom is -0.466 e. The van der Waals surface area contributed by atoms with E-state index in [-0.39, 0.29) is 5.91 Å². The Kier molecular flexibility index (Phi) is 4.75. The SMILES string of the molecule is N#Cc1cccc(C(=O)NCc2ccc([C@H](O)c3ccco3)s2)c1. The quantitative estimate of drug-likeness (QED) is 0.748. The zero-order valence-corrected chi connectivity index (χ0v) is 13.4. The lowest BCUT2D eigenvalue weighted by Crippen LogP contribution is -2.22. The van der Waals surface area contributed by atoms with Gasteiger partial charge in [0.15, 0.2) is 0 Å². The third-order valence-electron chi connectivity index (χ3n) is 3.44. The summed E-state index contributed by atoms with van der Waals surface area (Å²) in [6.07, 6.45) is 0.713. The lowest BCUT2D eigenvalue weighted by molar-refractivity contribution is 0.0951. The van der Waals surface area contributed by atoms with E-state index in [2.05, 4.69) is 5.32 Å². The van der Waals surface area contributed by atoms with E-state index in [0.29, 0.717) is 23.4 Å². The van der Waals surface area contributed by atoms with Gasteiger partial charge in [-0.05, 0) is 42.5 Å². The molecule has 24 heavy (non-hydrogen) atoms. The number of hydrogen-bond donors (Lipinski definition) is 2. The van der Waals surface area contributed by atoms with Gasteiger partial charge in [0.1, 0.15) is 11.9 Å². The van der Waals surface area contributed by atoms with Crippen LogP contribution in [-0.4, -0.2) is 11.0 Å². The number of benzene rings is 1. The highest BCUT2D eigenvalue weighted by Crippen LogP contribution is 2.28. The number of carbonyl (C=O) groups is 1. The molecule has 1 aromatic carbocycles. The molecule has 3 aromatic rings. The summed E-state index contributed by atoms with van der Waals surface area (Å²) in [7, 11) is 0. The predicted molar refractivity (Wildman–Crippen MR) is 89.4 cm³/mol. The fraction of sp³-hybridized carbons (Fsp3) is 0.111. The van der Waals surface area contributed by atoms with Crippen LogP contribution in [0.2, 0.25) is 0 Å². The van der Waals surface area contributed by atoms with Crippen molar-refractivity contribution in [2.45, 2.75) is 12.6 Å². The number of carbonyl (C=O) groups excluding carboxylic acids is 1. The van der Waals surface area contributed by atoms with E-state index in [1.54, 1.807) is 36.4 Å². The Bertz CT molecular complexity index is 878. The number of aliphatic hydroxyl groups is 1. The monoisotopic (exact) mass is 338 g/mol. The average Bonchev–Trinajstić information content (AvgIpc) is 3.31. The molecular weight excluding hydrogens is 324 g/mol. The van der Waals surface area contributed by atoms with Crippen molar-refractivity contribution in [2.24, 2.45) is 0 Å². The van der Waals surface area contributed by atoms with Crippen LogP contribution in [0, 0.1) is 11.3 Å². The van der Waals surface area contributed by atoms with Crippen LogP contribution in [-0.2, 0) is 6.54 Å². The first-order chi connectivity index (χ1) is 11.7. The smallest absolute Gasteiger partial charge is 0.251 e. The van der Waals surface area contributed by atoms with Crippen LogP contribution in [0.3, 0.4) is 0 Å². The van der Waals surface area contributed by atoms with Crippen molar-refractivity contribution in [3.8, 4) is 6.07 Å². The second-order valence-corrected chi connectivity index (χ2v) is 6.30. The topological polar surface area (TPSA) is 86.3 Å². The van der Waals surface area contributed by atoms with Crippen molar-refractivity contribution >= 4 is 17.2 Å². The molecule has 120 valence electrons. The van der Waals surface area contributed by atoms with Crippen molar-refractivity contribution in [3.63, 3.8) is 0 Å². The van der Waals surface area contributed by atoms with Crippen LogP contribution in [0.25, 0.3) is 0 Å². The van der Waals surface area contributed by atoms with Crippen molar-refractivity contribution in [2.75, 3.05) is 0 Å². The fourth-order valence-electron chi connectivity index (χ4n) is 2.22. The molecule has 0 saturated carbocycles. The van der Waals surface area contributed by atoms with Gasteiger partial charge in [-0.3, -0.25) is 4.79 Å². The van der Waals surface area contributed by atoms with E-state index in [4.69, 9.17) is 9.68 Å². The number of hydrogen-bond acceptors (Lipinski definition) is 5. The second-order valence-electron chi connectivity index (χ2n) is 5.10. The Labute approximate surface area is 142 Å². The lowest BCUT2D eigenvalue weighted by atomic mass is 10.1. The van der Waals surface area contributed by atoms with Crippen LogP contribution >= 0.6 is 11.3 Å². The summed E-state index contributed by atoms with van der Waals surface area (Å²) in [5.41, 5.74) is 0.893. The molecule has 0 radical (unpaired) electrons. The predicted octanol–water partition coefficient (Wildman–Crippen LogP) is 3.22. The Hall–Kier alpha value is -2.88. The fourth-order valence-corrected chi connectivity index (χ4v) is 3.17. The molecule has 1 amide bonds. The maximum atomic E-state index is 12.1. The highest BCUT2D eigenvalue weighted by Gasteiger charge is 2.16. The van der Waals surface area contributed by atoms with Crippen LogP contribution in [0.4, 0.5) is 0 Å². The molecule has 3 rings (SSSR count). The van der Waals surface area contributed by atoms with Gasteiger partial charge in [-0.25, -0.2) is 0 Å². The molecule has 2 heterocycles. The summed E-state index contributed by atoms with van der Waals surface area (Å²) < 4.78 is 5.20. The van der Waals surface area contributed by atoms with Gasteiger partial charge in [0.25, 0.3) is 5.91 Å². The molecule has 2 aromatic heterocycles. The molecule has 0 saturated heterocycles. The summed E-state index contributed by atoms with van der Waals surface area (Å²) in [5, 5.41) is 21.9. The van der Waals surface area contributed by atoms with Gasteiger partial charge in [-0.2, -0.15) is 5.26 Å². The molecule has 0 aliphatic carbocycles. The van der Waals surface area contributed by atoms with E-state index < -0.39 is 6.10 Å². The summed E-state index contributed by atoms with van der Waals surface area (Å²) in [4.78, 5) is 13.8. The van der Waals surface area contributed by atoms with Crippen LogP contribution < -0.4 is 5.32 Å². The van der Waals surface area contributed by atoms with Crippen LogP contribution in [0.5, 0.6) is 0 Å². The Morgan fingerprint density at radius 1 is 1.29 bits per heavy atom. The average molecular weight is 338 g/mol. The highest BCUT2D eigenvalue weighted by molar-refractivity contribution is 7.12. The molecule has 0 aliphatic rings. The second kappa shape index (κ2) is 7.13. The number of amides is 1. The van der Waals surface area contributed by atoms with E-state index in [1.165, 1.54) is 17.6 Å². The molecule has 2 N–H and O–H groups in total. The molecular formula is C18H14N2O3S. The van der Waals surface area contributed by atoms with Gasteiger partial charge in [0.2, 0.25) is 0 Å². The number of thiophene rings is 1. The normalized spacial score (nSPS) is 11.7. The molecule has 1 atom stereocenters. The Morgan fingerprint density at radius 3 is 2.92 bits per heavy atom. The minimum absolute atomic E-state index is 0.242. The lowest BCUT2D eigenvalue weighted by Gasteiger charge is -2.05. The first-order valence-electron chi connectivity index (χ1n) is 7.26. The van der Waals surface area contributed by atoms with Crippen molar-refractivity contribution in [1.29, 1.82) is 5.26 Å². The number of furan rings is 1. The van der Waals surface area contributed by atoms with E-state index in [9.17, 15) is 9.90 Å². The maximum Gasteiger partial charge on any atom is 0.251 e. The molecule has 0 fully saturated rings. The van der Waals surface area contributed by atoms with Gasteiger partial charge in [-0.1, -0.05) is 6.07 Å². The molecule has 0 spiro atoms. The largest absolute Gasteiger partial charge is 0.466 e. The molecule has 5 nitrogen and oxygen atoms in total. The zero-order valence-electron chi connectivity index (χ0n) is 12.6. The number of rotatable bonds is 5. The van der Waals surface area contributed by atoms with Gasteiger partial charge in [0.05, 0.1) is 24.4 Å². The van der Waals surface area contributed by atoms with Crippen molar-refractivity contribution in [3.05, 3.63) is 81.4 Å². The molecule has 6 heteroatoms. The zero-order chi connectivity index (χ0) is 16.9. The summed E-state index contributed by atoms with van der Waals surface area (Å²) in [6, 6.07) is 15.7. The van der Waals surface area contributed by atoms with Gasteiger partial charge in [-0.15, -0.1) is 11.3 Å². The molecule has 0 unspecified atom stereocenters. The first kappa shape index (κ1) is 16.0. The minimum atomic E-state index is -0.804. The molecule has 0 bridgehead atoms. The van der Waals surface area contributed by atoms with Gasteiger partial charge < -0.3 is 14.8 Å². The van der Waals surface area contributed by atoms with Crippen LogP contribution in [0.1, 0.15) is 37.5 Å². The van der Waals surface area contributed by atoms with Crippen LogP contribution in [0.15, 0.2) is 59.2 Å². The first-order valence-corrected chi connectivity index (χ1v) is 8.07. The number of nitriles is 1. The Morgan fingerprint density at radius 2 is 2.17 bits per heavy atom. The third-order valence-corrected chi connectivity index (χ3v) is 4.58. The third kappa shape index (κ3) is 3.54. The Balaban J connectivity index is 1.63. The summed E-state index contributed by atoms with van der Waals surface area (Å²) in [6.45, 7) is 0.352. The number of aliphatic hydroxyl groups excluding tert-OH is 1. The summed E-state index contributed by atoms with van der Waals surface area (Å²) >= 11 is 1.41. The number of nitrogens with zero attached hydrogens (tertiary/aromatic N) is 1. The summed E-state index contributed by atoms with van der Waals surface area (Å²) in [5.74, 6) is 0.245. The van der Waals surface area contributed by atoms with E-state index in [1.807, 2.05) is 18.2 Å². The van der Waals surface area contributed by atoms with Crippen molar-refractivity contribution in [1.82, 2.24) is 5.32 Å². The standard InChI is InChI=1S/C18H14N2O3S/c19-10-12-3-1-4-13(9-12)18(22)20-11-14-6-7-16(24-14)17(21)15-5-2-8-23-15/h1-9,17,21H,11H2,(H,20,22)/t17-/m1/s1. The number of nitrogens with one attached hydrogen (secondary N) is 1. The van der Waals surface area contributed by atoms with Gasteiger partial charge in [0, 0.05) is 15.3 Å². The molecule has 0 aliphatic heterocycles. The van der Waals surface area contributed by atoms with Crippen molar-refractivity contribution < 1.29 is 14.3 Å². The van der Waals surface area contributed by atoms with E-state index in [0.717, 1.165) is 9.75 Å². The highest BCUT2D eigenvalue weighted by atomic mass is 32.1. The van der Waals surface area contributed by atoms with Gasteiger partial charge >= 0.3 is 0 Å². The maximum absolute atomic E-state index is 12.1.